The highest BCUT2D eigenvalue weighted by Gasteiger charge is 2.21. The molecule has 2 aliphatic heterocycles. The van der Waals surface area contributed by atoms with Crippen molar-refractivity contribution in [2.75, 3.05) is 58.9 Å². The Morgan fingerprint density at radius 2 is 1.50 bits per heavy atom. The molecule has 2 heterocycles. The summed E-state index contributed by atoms with van der Waals surface area (Å²) in [7, 11) is 0. The Morgan fingerprint density at radius 3 is 2.15 bits per heavy atom. The Hall–Kier alpha value is -0.160. The van der Waals surface area contributed by atoms with E-state index >= 15 is 0 Å². The Balaban J connectivity index is 1.70. The van der Waals surface area contributed by atoms with Crippen molar-refractivity contribution in [2.45, 2.75) is 45.1 Å². The van der Waals surface area contributed by atoms with Gasteiger partial charge in [0.1, 0.15) is 0 Å². The molecule has 0 aliphatic carbocycles. The molecule has 2 rings (SSSR count). The van der Waals surface area contributed by atoms with E-state index in [2.05, 4.69) is 21.6 Å². The lowest BCUT2D eigenvalue weighted by molar-refractivity contribution is 0.181. The van der Waals surface area contributed by atoms with Crippen molar-refractivity contribution in [3.8, 4) is 0 Å². The summed E-state index contributed by atoms with van der Waals surface area (Å²) in [5, 5.41) is 0. The zero-order valence-electron chi connectivity index (χ0n) is 13.4. The van der Waals surface area contributed by atoms with E-state index in [-0.39, 0.29) is 0 Å². The van der Waals surface area contributed by atoms with Gasteiger partial charge >= 0.3 is 0 Å². The van der Waals surface area contributed by atoms with Gasteiger partial charge in [-0.15, -0.1) is 0 Å². The first kappa shape index (κ1) is 16.2. The number of likely N-dealkylation sites (tertiary alicyclic amines) is 1. The van der Waals surface area contributed by atoms with Gasteiger partial charge in [0.2, 0.25) is 0 Å². The fourth-order valence-electron chi connectivity index (χ4n) is 3.71. The van der Waals surface area contributed by atoms with Gasteiger partial charge in [0, 0.05) is 32.2 Å². The van der Waals surface area contributed by atoms with Crippen LogP contribution >= 0.6 is 0 Å². The average Bonchev–Trinajstić information content (AvgIpc) is 2.88. The smallest absolute Gasteiger partial charge is 0.0112 e. The minimum atomic E-state index is 0.707. The van der Waals surface area contributed by atoms with Crippen LogP contribution in [0.4, 0.5) is 0 Å². The molecule has 2 N–H and O–H groups in total. The van der Waals surface area contributed by atoms with Gasteiger partial charge in [-0.1, -0.05) is 6.92 Å². The predicted octanol–water partition coefficient (Wildman–Crippen LogP) is 1.22. The van der Waals surface area contributed by atoms with E-state index < -0.39 is 0 Å². The maximum atomic E-state index is 5.75. The van der Waals surface area contributed by atoms with E-state index in [0.717, 1.165) is 13.0 Å². The van der Waals surface area contributed by atoms with E-state index in [1.807, 2.05) is 0 Å². The summed E-state index contributed by atoms with van der Waals surface area (Å²) < 4.78 is 0. The summed E-state index contributed by atoms with van der Waals surface area (Å²) in [5.41, 5.74) is 5.75. The van der Waals surface area contributed by atoms with Gasteiger partial charge in [0.25, 0.3) is 0 Å². The maximum Gasteiger partial charge on any atom is 0.0112 e. The predicted molar refractivity (Wildman–Crippen MR) is 86.1 cm³/mol. The standard InChI is InChI=1S/C16H34N4/c1-2-16(6-7-17)20-11-5-10-19(14-15-20)13-12-18-8-3-4-9-18/h16H,2-15,17H2,1H3. The third kappa shape index (κ3) is 4.99. The quantitative estimate of drug-likeness (QED) is 0.761. The first-order chi connectivity index (χ1) is 9.83. The largest absolute Gasteiger partial charge is 0.330 e. The van der Waals surface area contributed by atoms with Gasteiger partial charge in [-0.2, -0.15) is 0 Å². The summed E-state index contributed by atoms with van der Waals surface area (Å²) in [6.45, 7) is 13.4. The molecule has 2 saturated heterocycles. The van der Waals surface area contributed by atoms with Crippen molar-refractivity contribution in [2.24, 2.45) is 5.73 Å². The van der Waals surface area contributed by atoms with Crippen LogP contribution < -0.4 is 5.73 Å². The molecule has 1 atom stereocenters. The van der Waals surface area contributed by atoms with E-state index in [0.29, 0.717) is 6.04 Å². The first-order valence-electron chi connectivity index (χ1n) is 8.72. The van der Waals surface area contributed by atoms with Gasteiger partial charge in [-0.05, 0) is 64.8 Å². The molecular formula is C16H34N4. The fourth-order valence-corrected chi connectivity index (χ4v) is 3.71. The number of rotatable bonds is 7. The van der Waals surface area contributed by atoms with Gasteiger partial charge in [-0.3, -0.25) is 4.90 Å². The molecule has 0 saturated carbocycles. The average molecular weight is 282 g/mol. The molecule has 2 fully saturated rings. The van der Waals surface area contributed by atoms with Gasteiger partial charge in [0.15, 0.2) is 0 Å². The van der Waals surface area contributed by atoms with Crippen LogP contribution in [0, 0.1) is 0 Å². The monoisotopic (exact) mass is 282 g/mol. The van der Waals surface area contributed by atoms with Crippen molar-refractivity contribution in [1.82, 2.24) is 14.7 Å². The van der Waals surface area contributed by atoms with Gasteiger partial charge in [0.05, 0.1) is 0 Å². The van der Waals surface area contributed by atoms with E-state index in [1.54, 1.807) is 0 Å². The summed E-state index contributed by atoms with van der Waals surface area (Å²) >= 11 is 0. The molecule has 0 amide bonds. The van der Waals surface area contributed by atoms with E-state index in [1.165, 1.54) is 78.0 Å². The first-order valence-corrected chi connectivity index (χ1v) is 8.72. The number of nitrogens with two attached hydrogens (primary N) is 1. The van der Waals surface area contributed by atoms with Crippen LogP contribution in [0.5, 0.6) is 0 Å². The molecule has 0 aromatic rings. The molecular weight excluding hydrogens is 248 g/mol. The summed E-state index contributed by atoms with van der Waals surface area (Å²) in [6.07, 6.45) is 6.53. The lowest BCUT2D eigenvalue weighted by Gasteiger charge is -2.30. The fraction of sp³-hybridized carbons (Fsp3) is 1.00. The lowest BCUT2D eigenvalue weighted by Crippen LogP contribution is -2.40. The van der Waals surface area contributed by atoms with Crippen molar-refractivity contribution >= 4 is 0 Å². The molecule has 0 radical (unpaired) electrons. The molecule has 4 heteroatoms. The second kappa shape index (κ2) is 8.98. The second-order valence-corrected chi connectivity index (χ2v) is 6.42. The normalized spacial score (nSPS) is 24.9. The Kier molecular flexibility index (Phi) is 7.28. The Morgan fingerprint density at radius 1 is 0.850 bits per heavy atom. The van der Waals surface area contributed by atoms with Crippen LogP contribution in [0.15, 0.2) is 0 Å². The van der Waals surface area contributed by atoms with Crippen molar-refractivity contribution in [3.63, 3.8) is 0 Å². The number of hydrogen-bond acceptors (Lipinski definition) is 4. The highest BCUT2D eigenvalue weighted by atomic mass is 15.2. The third-order valence-electron chi connectivity index (χ3n) is 5.04. The summed E-state index contributed by atoms with van der Waals surface area (Å²) in [6, 6.07) is 0.707. The molecule has 0 spiro atoms. The molecule has 4 nitrogen and oxygen atoms in total. The zero-order valence-corrected chi connectivity index (χ0v) is 13.4. The topological polar surface area (TPSA) is 35.7 Å². The van der Waals surface area contributed by atoms with Crippen LogP contribution in [0.1, 0.15) is 39.0 Å². The van der Waals surface area contributed by atoms with Crippen LogP contribution in [-0.2, 0) is 0 Å². The molecule has 0 bridgehead atoms. The number of nitrogens with zero attached hydrogens (tertiary/aromatic N) is 3. The summed E-state index contributed by atoms with van der Waals surface area (Å²) in [4.78, 5) is 7.99. The molecule has 2 aliphatic rings. The SMILES string of the molecule is CCC(CCN)N1CCCN(CCN2CCCC2)CC1. The second-order valence-electron chi connectivity index (χ2n) is 6.42. The molecule has 0 aromatic carbocycles. The van der Waals surface area contributed by atoms with Crippen molar-refractivity contribution in [1.29, 1.82) is 0 Å². The van der Waals surface area contributed by atoms with Crippen molar-refractivity contribution < 1.29 is 0 Å². The maximum absolute atomic E-state index is 5.75. The third-order valence-corrected chi connectivity index (χ3v) is 5.04. The van der Waals surface area contributed by atoms with Crippen LogP contribution in [0.2, 0.25) is 0 Å². The highest BCUT2D eigenvalue weighted by Crippen LogP contribution is 2.13. The molecule has 20 heavy (non-hydrogen) atoms. The molecule has 1 unspecified atom stereocenters. The highest BCUT2D eigenvalue weighted by molar-refractivity contribution is 4.77. The van der Waals surface area contributed by atoms with Crippen LogP contribution in [0.25, 0.3) is 0 Å². The lowest BCUT2D eigenvalue weighted by atomic mass is 10.1. The summed E-state index contributed by atoms with van der Waals surface area (Å²) in [5.74, 6) is 0. The van der Waals surface area contributed by atoms with Crippen LogP contribution in [-0.4, -0.2) is 79.6 Å². The minimum absolute atomic E-state index is 0.707. The van der Waals surface area contributed by atoms with E-state index in [9.17, 15) is 0 Å². The molecule has 118 valence electrons. The van der Waals surface area contributed by atoms with Crippen LogP contribution in [0.3, 0.4) is 0 Å². The van der Waals surface area contributed by atoms with Crippen molar-refractivity contribution in [3.05, 3.63) is 0 Å². The molecule has 0 aromatic heterocycles. The van der Waals surface area contributed by atoms with E-state index in [4.69, 9.17) is 5.73 Å². The minimum Gasteiger partial charge on any atom is -0.330 e. The van der Waals surface area contributed by atoms with Gasteiger partial charge in [-0.25, -0.2) is 0 Å². The number of hydrogen-bond donors (Lipinski definition) is 1. The van der Waals surface area contributed by atoms with Gasteiger partial charge < -0.3 is 15.5 Å². The zero-order chi connectivity index (χ0) is 14.2. The Bertz CT molecular complexity index is 253. The Labute approximate surface area is 125 Å².